The van der Waals surface area contributed by atoms with Crippen molar-refractivity contribution in [2.75, 3.05) is 42.9 Å². The van der Waals surface area contributed by atoms with Crippen LogP contribution in [0.2, 0.25) is 0 Å². The van der Waals surface area contributed by atoms with E-state index in [0.29, 0.717) is 37.6 Å². The highest BCUT2D eigenvalue weighted by Crippen LogP contribution is 2.30. The van der Waals surface area contributed by atoms with Gasteiger partial charge in [-0.2, -0.15) is 4.31 Å². The maximum Gasteiger partial charge on any atom is 0.258 e. The van der Waals surface area contributed by atoms with Crippen LogP contribution in [0.5, 0.6) is 0 Å². The predicted molar refractivity (Wildman–Crippen MR) is 134 cm³/mol. The first-order valence-electron chi connectivity index (χ1n) is 11.5. The second-order valence-electron chi connectivity index (χ2n) is 8.65. The number of sulfonamides is 1. The van der Waals surface area contributed by atoms with E-state index in [1.165, 1.54) is 26.9 Å². The van der Waals surface area contributed by atoms with Gasteiger partial charge in [0.1, 0.15) is 6.54 Å². The Balaban J connectivity index is 1.31. The summed E-state index contributed by atoms with van der Waals surface area (Å²) in [7, 11) is -3.76. The first-order chi connectivity index (χ1) is 16.9. The molecule has 35 heavy (non-hydrogen) atoms. The number of benzene rings is 3. The van der Waals surface area contributed by atoms with Crippen LogP contribution in [-0.4, -0.2) is 62.2 Å². The number of piperazine rings is 1. The summed E-state index contributed by atoms with van der Waals surface area (Å²) in [6.45, 7) is 2.68. The average molecular weight is 491 g/mol. The monoisotopic (exact) mass is 490 g/mol. The summed E-state index contributed by atoms with van der Waals surface area (Å²) in [6.07, 6.45) is 0. The molecule has 0 bridgehead atoms. The van der Waals surface area contributed by atoms with Crippen molar-refractivity contribution in [3.63, 3.8) is 0 Å². The van der Waals surface area contributed by atoms with E-state index in [1.807, 2.05) is 18.2 Å². The molecule has 3 aromatic carbocycles. The summed E-state index contributed by atoms with van der Waals surface area (Å²) in [4.78, 5) is 29.1. The first kappa shape index (κ1) is 23.2. The highest BCUT2D eigenvalue weighted by molar-refractivity contribution is 7.89. The van der Waals surface area contributed by atoms with Crippen molar-refractivity contribution in [2.24, 2.45) is 0 Å². The topological polar surface area (TPSA) is 90.0 Å². The number of hydrogen-bond acceptors (Lipinski definition) is 5. The highest BCUT2D eigenvalue weighted by atomic mass is 32.2. The predicted octanol–water partition coefficient (Wildman–Crippen LogP) is 2.79. The lowest BCUT2D eigenvalue weighted by Gasteiger charge is -2.34. The lowest BCUT2D eigenvalue weighted by atomic mass is 10.1. The molecule has 1 fully saturated rings. The Morgan fingerprint density at radius 1 is 0.857 bits per heavy atom. The molecule has 0 radical (unpaired) electrons. The smallest absolute Gasteiger partial charge is 0.258 e. The molecule has 1 saturated heterocycles. The summed E-state index contributed by atoms with van der Waals surface area (Å²) >= 11 is 0. The van der Waals surface area contributed by atoms with Gasteiger partial charge in [0.25, 0.3) is 5.91 Å². The number of hydrogen-bond donors (Lipinski definition) is 1. The molecule has 2 aliphatic heterocycles. The third kappa shape index (κ3) is 4.84. The van der Waals surface area contributed by atoms with E-state index < -0.39 is 15.9 Å². The number of anilines is 2. The van der Waals surface area contributed by atoms with Gasteiger partial charge in [0.15, 0.2) is 0 Å². The number of nitrogens with one attached hydrogen (secondary N) is 1. The first-order valence-corrected chi connectivity index (χ1v) is 12.9. The van der Waals surface area contributed by atoms with E-state index in [1.54, 1.807) is 36.4 Å². The molecule has 5 rings (SSSR count). The molecule has 1 N–H and O–H groups in total. The zero-order chi connectivity index (χ0) is 24.4. The van der Waals surface area contributed by atoms with Crippen LogP contribution in [0.25, 0.3) is 0 Å². The van der Waals surface area contributed by atoms with Crippen molar-refractivity contribution in [3.05, 3.63) is 90.0 Å². The number of para-hydroxylation sites is 2. The van der Waals surface area contributed by atoms with Crippen LogP contribution in [0, 0.1) is 0 Å². The number of rotatable bonds is 5. The molecule has 0 atom stereocenters. The van der Waals surface area contributed by atoms with Crippen LogP contribution >= 0.6 is 0 Å². The number of fused-ring (bicyclic) bond motifs is 1. The van der Waals surface area contributed by atoms with Crippen molar-refractivity contribution < 1.29 is 18.0 Å². The summed E-state index contributed by atoms with van der Waals surface area (Å²) in [6, 6.07) is 23.2. The van der Waals surface area contributed by atoms with Crippen LogP contribution in [-0.2, 0) is 21.4 Å². The molecule has 3 aromatic rings. The van der Waals surface area contributed by atoms with Crippen LogP contribution in [0.1, 0.15) is 15.9 Å². The van der Waals surface area contributed by atoms with E-state index in [9.17, 15) is 18.0 Å². The fourth-order valence-electron chi connectivity index (χ4n) is 4.48. The van der Waals surface area contributed by atoms with Crippen molar-refractivity contribution >= 4 is 33.2 Å². The van der Waals surface area contributed by atoms with Gasteiger partial charge in [0, 0.05) is 38.3 Å². The SMILES string of the molecule is O=C1CN(C(=O)c2cccc(S(=O)(=O)N3CCN(Cc4ccccc4)CC3)c2)c2ccccc2N1. The van der Waals surface area contributed by atoms with Gasteiger partial charge in [-0.3, -0.25) is 19.4 Å². The van der Waals surface area contributed by atoms with Gasteiger partial charge in [0.05, 0.1) is 16.3 Å². The van der Waals surface area contributed by atoms with Gasteiger partial charge in [-0.25, -0.2) is 8.42 Å². The molecule has 0 spiro atoms. The van der Waals surface area contributed by atoms with Crippen LogP contribution in [0.15, 0.2) is 83.8 Å². The van der Waals surface area contributed by atoms with Crippen molar-refractivity contribution in [3.8, 4) is 0 Å². The zero-order valence-corrected chi connectivity index (χ0v) is 19.9. The van der Waals surface area contributed by atoms with Crippen LogP contribution in [0.4, 0.5) is 11.4 Å². The second-order valence-corrected chi connectivity index (χ2v) is 10.6. The van der Waals surface area contributed by atoms with Gasteiger partial charge < -0.3 is 5.32 Å². The minimum atomic E-state index is -3.76. The quantitative estimate of drug-likeness (QED) is 0.594. The lowest BCUT2D eigenvalue weighted by Crippen LogP contribution is -2.48. The van der Waals surface area contributed by atoms with E-state index in [2.05, 4.69) is 22.3 Å². The van der Waals surface area contributed by atoms with Gasteiger partial charge in [-0.05, 0) is 35.9 Å². The molecule has 2 amide bonds. The summed E-state index contributed by atoms with van der Waals surface area (Å²) in [5.41, 5.74) is 2.55. The minimum absolute atomic E-state index is 0.0783. The molecular formula is C26H26N4O4S. The normalized spacial score (nSPS) is 17.0. The Morgan fingerprint density at radius 2 is 1.57 bits per heavy atom. The van der Waals surface area contributed by atoms with E-state index in [4.69, 9.17) is 0 Å². The van der Waals surface area contributed by atoms with Crippen molar-refractivity contribution in [1.29, 1.82) is 0 Å². The molecule has 2 aliphatic rings. The number of amides is 2. The van der Waals surface area contributed by atoms with E-state index in [-0.39, 0.29) is 22.9 Å². The third-order valence-electron chi connectivity index (χ3n) is 6.31. The van der Waals surface area contributed by atoms with Crippen molar-refractivity contribution in [1.82, 2.24) is 9.21 Å². The minimum Gasteiger partial charge on any atom is -0.323 e. The molecule has 2 heterocycles. The Labute approximate surface area is 204 Å². The molecule has 0 aromatic heterocycles. The number of nitrogens with zero attached hydrogens (tertiary/aromatic N) is 3. The molecule has 0 saturated carbocycles. The van der Waals surface area contributed by atoms with Gasteiger partial charge >= 0.3 is 0 Å². The number of carbonyl (C=O) groups is 2. The van der Waals surface area contributed by atoms with E-state index in [0.717, 1.165) is 6.54 Å². The standard InChI is InChI=1S/C26H26N4O4S/c31-25-19-30(24-12-5-4-11-23(24)27-25)26(32)21-9-6-10-22(17-21)35(33,34)29-15-13-28(14-16-29)18-20-7-2-1-3-8-20/h1-12,17H,13-16,18-19H2,(H,27,31). The zero-order valence-electron chi connectivity index (χ0n) is 19.1. The molecule has 0 aliphatic carbocycles. The van der Waals surface area contributed by atoms with Gasteiger partial charge in [-0.1, -0.05) is 48.5 Å². The Bertz CT molecular complexity index is 1350. The summed E-state index contributed by atoms with van der Waals surface area (Å²) < 4.78 is 28.2. The summed E-state index contributed by atoms with van der Waals surface area (Å²) in [5, 5.41) is 2.75. The van der Waals surface area contributed by atoms with E-state index >= 15 is 0 Å². The fraction of sp³-hybridized carbons (Fsp3) is 0.231. The molecular weight excluding hydrogens is 464 g/mol. The second kappa shape index (κ2) is 9.61. The molecule has 8 nitrogen and oxygen atoms in total. The molecule has 180 valence electrons. The van der Waals surface area contributed by atoms with Crippen molar-refractivity contribution in [2.45, 2.75) is 11.4 Å². The maximum atomic E-state index is 13.4. The Morgan fingerprint density at radius 3 is 2.34 bits per heavy atom. The molecule has 0 unspecified atom stereocenters. The largest absolute Gasteiger partial charge is 0.323 e. The van der Waals surface area contributed by atoms with Crippen LogP contribution < -0.4 is 10.2 Å². The lowest BCUT2D eigenvalue weighted by molar-refractivity contribution is -0.115. The third-order valence-corrected chi connectivity index (χ3v) is 8.21. The number of carbonyl (C=O) groups excluding carboxylic acids is 2. The Kier molecular flexibility index (Phi) is 6.38. The van der Waals surface area contributed by atoms with Crippen LogP contribution in [0.3, 0.4) is 0 Å². The Hall–Kier alpha value is -3.53. The average Bonchev–Trinajstić information content (AvgIpc) is 2.89. The maximum absolute atomic E-state index is 13.4. The summed E-state index contributed by atoms with van der Waals surface area (Å²) in [5.74, 6) is -0.716. The van der Waals surface area contributed by atoms with Gasteiger partial charge in [-0.15, -0.1) is 0 Å². The highest BCUT2D eigenvalue weighted by Gasteiger charge is 2.31. The molecule has 9 heteroatoms. The van der Waals surface area contributed by atoms with Gasteiger partial charge in [0.2, 0.25) is 15.9 Å². The fourth-order valence-corrected chi connectivity index (χ4v) is 5.95.